The van der Waals surface area contributed by atoms with E-state index >= 15 is 0 Å². The minimum absolute atomic E-state index is 0.0257. The lowest BCUT2D eigenvalue weighted by Gasteiger charge is -2.20. The van der Waals surface area contributed by atoms with Crippen LogP contribution < -0.4 is 10.5 Å². The Kier molecular flexibility index (Phi) is 6.28. The minimum atomic E-state index is -3.72. The van der Waals surface area contributed by atoms with Gasteiger partial charge in [-0.3, -0.25) is 0 Å². The third-order valence-electron chi connectivity index (χ3n) is 3.43. The maximum Gasteiger partial charge on any atom is 0.242 e. The van der Waals surface area contributed by atoms with Crippen molar-refractivity contribution in [1.29, 1.82) is 0 Å². The summed E-state index contributed by atoms with van der Waals surface area (Å²) in [6, 6.07) is 2.72. The Morgan fingerprint density at radius 2 is 1.90 bits per heavy atom. The Labute approximate surface area is 130 Å². The smallest absolute Gasteiger partial charge is 0.242 e. The second kappa shape index (κ2) is 7.09. The van der Waals surface area contributed by atoms with Crippen molar-refractivity contribution in [3.05, 3.63) is 27.7 Å². The van der Waals surface area contributed by atoms with Crippen molar-refractivity contribution >= 4 is 33.2 Å². The van der Waals surface area contributed by atoms with Gasteiger partial charge in [0.2, 0.25) is 10.0 Å². The maximum atomic E-state index is 12.4. The number of nitrogens with two attached hydrogens (primary N) is 1. The van der Waals surface area contributed by atoms with E-state index in [4.69, 9.17) is 28.9 Å². The summed E-state index contributed by atoms with van der Waals surface area (Å²) in [5, 5.41) is 0.423. The van der Waals surface area contributed by atoms with Crippen molar-refractivity contribution in [2.24, 2.45) is 11.7 Å². The molecular weight excluding hydrogens is 319 g/mol. The van der Waals surface area contributed by atoms with Crippen LogP contribution in [0.25, 0.3) is 0 Å². The summed E-state index contributed by atoms with van der Waals surface area (Å²) in [5.41, 5.74) is 6.05. The van der Waals surface area contributed by atoms with Crippen LogP contribution in [-0.4, -0.2) is 14.5 Å². The van der Waals surface area contributed by atoms with Crippen LogP contribution in [0.3, 0.4) is 0 Å². The summed E-state index contributed by atoms with van der Waals surface area (Å²) >= 11 is 12.0. The molecule has 0 bridgehead atoms. The molecule has 4 nitrogen and oxygen atoms in total. The van der Waals surface area contributed by atoms with Crippen LogP contribution in [0.5, 0.6) is 0 Å². The standard InChI is InChI=1S/C13H20Cl2N2O2S/c1-4-8(2)9(3)17-20(18,19)12-6-11(14)5-10(7-16)13(12)15/h5-6,8-9,17H,4,7,16H2,1-3H3. The van der Waals surface area contributed by atoms with Crippen LogP contribution in [0.15, 0.2) is 17.0 Å². The van der Waals surface area contributed by atoms with Crippen LogP contribution in [0.1, 0.15) is 32.8 Å². The first kappa shape index (κ1) is 17.7. The quantitative estimate of drug-likeness (QED) is 0.836. The zero-order chi connectivity index (χ0) is 15.5. The molecule has 1 aromatic carbocycles. The van der Waals surface area contributed by atoms with Crippen LogP contribution in [-0.2, 0) is 16.6 Å². The highest BCUT2D eigenvalue weighted by Gasteiger charge is 2.24. The molecule has 0 heterocycles. The lowest BCUT2D eigenvalue weighted by Crippen LogP contribution is -2.37. The molecule has 0 amide bonds. The zero-order valence-electron chi connectivity index (χ0n) is 11.8. The molecule has 3 N–H and O–H groups in total. The van der Waals surface area contributed by atoms with Crippen LogP contribution >= 0.6 is 23.2 Å². The van der Waals surface area contributed by atoms with Crippen LogP contribution in [0.4, 0.5) is 0 Å². The first-order valence-corrected chi connectivity index (χ1v) is 8.67. The van der Waals surface area contributed by atoms with E-state index in [1.54, 1.807) is 6.07 Å². The van der Waals surface area contributed by atoms with Crippen molar-refractivity contribution < 1.29 is 8.42 Å². The zero-order valence-corrected chi connectivity index (χ0v) is 14.1. The highest BCUT2D eigenvalue weighted by Crippen LogP contribution is 2.29. The van der Waals surface area contributed by atoms with Gasteiger partial charge in [0, 0.05) is 17.6 Å². The van der Waals surface area contributed by atoms with Crippen molar-refractivity contribution in [3.8, 4) is 0 Å². The fraction of sp³-hybridized carbons (Fsp3) is 0.538. The van der Waals surface area contributed by atoms with Gasteiger partial charge in [0.1, 0.15) is 4.90 Å². The Bertz CT molecular complexity index is 576. The average molecular weight is 339 g/mol. The average Bonchev–Trinajstić information content (AvgIpc) is 2.39. The third-order valence-corrected chi connectivity index (χ3v) is 5.79. The molecule has 20 heavy (non-hydrogen) atoms. The number of benzene rings is 1. The number of rotatable bonds is 6. The van der Waals surface area contributed by atoms with E-state index in [-0.39, 0.29) is 28.4 Å². The molecule has 0 aliphatic carbocycles. The predicted octanol–water partition coefficient (Wildman–Crippen LogP) is 3.17. The Morgan fingerprint density at radius 3 is 2.40 bits per heavy atom. The molecule has 0 aromatic heterocycles. The largest absolute Gasteiger partial charge is 0.326 e. The Morgan fingerprint density at radius 1 is 1.30 bits per heavy atom. The molecule has 2 atom stereocenters. The van der Waals surface area contributed by atoms with E-state index in [0.717, 1.165) is 6.42 Å². The second-order valence-electron chi connectivity index (χ2n) is 4.88. The van der Waals surface area contributed by atoms with Gasteiger partial charge in [-0.15, -0.1) is 0 Å². The molecule has 1 rings (SSSR count). The molecule has 1 aromatic rings. The first-order valence-electron chi connectivity index (χ1n) is 6.43. The van der Waals surface area contributed by atoms with Gasteiger partial charge in [0.05, 0.1) is 5.02 Å². The lowest BCUT2D eigenvalue weighted by molar-refractivity contribution is 0.434. The van der Waals surface area contributed by atoms with Gasteiger partial charge in [0.15, 0.2) is 0 Å². The minimum Gasteiger partial charge on any atom is -0.326 e. The maximum absolute atomic E-state index is 12.4. The topological polar surface area (TPSA) is 72.2 Å². The summed E-state index contributed by atoms with van der Waals surface area (Å²) in [6.07, 6.45) is 0.876. The number of sulfonamides is 1. The van der Waals surface area contributed by atoms with Gasteiger partial charge in [-0.05, 0) is 30.5 Å². The summed E-state index contributed by atoms with van der Waals surface area (Å²) < 4.78 is 27.4. The van der Waals surface area contributed by atoms with Gasteiger partial charge < -0.3 is 5.73 Å². The Hall–Kier alpha value is -0.330. The molecule has 0 saturated heterocycles. The van der Waals surface area contributed by atoms with Crippen molar-refractivity contribution in [2.75, 3.05) is 0 Å². The normalized spacial score (nSPS) is 15.1. The van der Waals surface area contributed by atoms with Gasteiger partial charge in [-0.25, -0.2) is 13.1 Å². The van der Waals surface area contributed by atoms with E-state index in [9.17, 15) is 8.42 Å². The monoisotopic (exact) mass is 338 g/mol. The summed E-state index contributed by atoms with van der Waals surface area (Å²) in [7, 11) is -3.72. The fourth-order valence-electron chi connectivity index (χ4n) is 1.74. The molecule has 0 fully saturated rings. The summed E-state index contributed by atoms with van der Waals surface area (Å²) in [5.74, 6) is 0.219. The molecular formula is C13H20Cl2N2O2S. The van der Waals surface area contributed by atoms with Crippen molar-refractivity contribution in [3.63, 3.8) is 0 Å². The van der Waals surface area contributed by atoms with E-state index < -0.39 is 10.0 Å². The van der Waals surface area contributed by atoms with E-state index in [2.05, 4.69) is 4.72 Å². The van der Waals surface area contributed by atoms with Gasteiger partial charge in [-0.2, -0.15) is 0 Å². The number of halogens is 2. The molecule has 7 heteroatoms. The SMILES string of the molecule is CCC(C)C(C)NS(=O)(=O)c1cc(Cl)cc(CN)c1Cl. The highest BCUT2D eigenvalue weighted by atomic mass is 35.5. The predicted molar refractivity (Wildman–Crippen MR) is 83.6 cm³/mol. The van der Waals surface area contributed by atoms with Crippen LogP contribution in [0, 0.1) is 5.92 Å². The second-order valence-corrected chi connectivity index (χ2v) is 7.37. The number of nitrogens with one attached hydrogen (secondary N) is 1. The Balaban J connectivity index is 3.19. The summed E-state index contributed by atoms with van der Waals surface area (Å²) in [4.78, 5) is -0.0257. The van der Waals surface area contributed by atoms with Gasteiger partial charge >= 0.3 is 0 Å². The fourth-order valence-corrected chi connectivity index (χ4v) is 4.03. The molecule has 0 radical (unpaired) electrons. The van der Waals surface area contributed by atoms with Gasteiger partial charge in [-0.1, -0.05) is 43.5 Å². The highest BCUT2D eigenvalue weighted by molar-refractivity contribution is 7.89. The van der Waals surface area contributed by atoms with Gasteiger partial charge in [0.25, 0.3) is 0 Å². The molecule has 0 aliphatic rings. The summed E-state index contributed by atoms with van der Waals surface area (Å²) in [6.45, 7) is 5.95. The molecule has 0 spiro atoms. The number of hydrogen-bond donors (Lipinski definition) is 2. The van der Waals surface area contributed by atoms with E-state index in [1.165, 1.54) is 6.07 Å². The molecule has 0 aliphatic heterocycles. The van der Waals surface area contributed by atoms with E-state index in [0.29, 0.717) is 10.6 Å². The van der Waals surface area contributed by atoms with Crippen molar-refractivity contribution in [2.45, 2.75) is 44.7 Å². The van der Waals surface area contributed by atoms with Crippen LogP contribution in [0.2, 0.25) is 10.0 Å². The van der Waals surface area contributed by atoms with E-state index in [1.807, 2.05) is 20.8 Å². The molecule has 2 unspecified atom stereocenters. The third kappa shape index (κ3) is 4.09. The first-order chi connectivity index (χ1) is 9.22. The molecule has 114 valence electrons. The van der Waals surface area contributed by atoms with Crippen molar-refractivity contribution in [1.82, 2.24) is 4.72 Å². The number of hydrogen-bond acceptors (Lipinski definition) is 3. The molecule has 0 saturated carbocycles. The lowest BCUT2D eigenvalue weighted by atomic mass is 10.0.